The molecule has 0 bridgehead atoms. The van der Waals surface area contributed by atoms with Gasteiger partial charge in [0.2, 0.25) is 0 Å². The number of carboxylic acids is 1. The number of rotatable bonds is 4. The molecule has 1 N–H and O–H groups in total. The fourth-order valence-corrected chi connectivity index (χ4v) is 1.77. The van der Waals surface area contributed by atoms with Gasteiger partial charge in [-0.25, -0.2) is 0 Å². The molecule has 0 aliphatic rings. The topological polar surface area (TPSA) is 59.4 Å². The fraction of sp³-hybridized carbons (Fsp3) is 0.143. The lowest BCUT2D eigenvalue weighted by molar-refractivity contribution is -0.136. The summed E-state index contributed by atoms with van der Waals surface area (Å²) in [6.07, 6.45) is 1.61. The van der Waals surface area contributed by atoms with Crippen LogP contribution in [0.1, 0.15) is 5.56 Å². The van der Waals surface area contributed by atoms with Crippen LogP contribution in [0.4, 0.5) is 0 Å². The van der Waals surface area contributed by atoms with Gasteiger partial charge in [0.15, 0.2) is 0 Å². The van der Waals surface area contributed by atoms with Gasteiger partial charge >= 0.3 is 5.97 Å². The smallest absolute Gasteiger partial charge is 0.307 e. The van der Waals surface area contributed by atoms with Gasteiger partial charge in [0.25, 0.3) is 0 Å². The summed E-state index contributed by atoms with van der Waals surface area (Å²) < 4.78 is 5.15. The maximum atomic E-state index is 10.8. The molecule has 0 saturated carbocycles. The second-order valence-corrected chi connectivity index (χ2v) is 3.81. The number of hydrogen-bond donors (Lipinski definition) is 1. The van der Waals surface area contributed by atoms with Gasteiger partial charge in [-0.2, -0.15) is 0 Å². The lowest BCUT2D eigenvalue weighted by Gasteiger charge is -2.08. The van der Waals surface area contributed by atoms with Crippen molar-refractivity contribution in [2.24, 2.45) is 0 Å². The van der Waals surface area contributed by atoms with Crippen LogP contribution < -0.4 is 4.74 Å². The molecule has 18 heavy (non-hydrogen) atoms. The summed E-state index contributed by atoms with van der Waals surface area (Å²) in [5.74, 6) is -0.147. The molecule has 4 heteroatoms. The average Bonchev–Trinajstić information content (AvgIpc) is 2.39. The van der Waals surface area contributed by atoms with Crippen LogP contribution in [0.25, 0.3) is 11.3 Å². The number of ether oxygens (including phenoxy) is 1. The molecule has 0 spiro atoms. The molecule has 0 unspecified atom stereocenters. The molecular formula is C14H13NO3. The summed E-state index contributed by atoms with van der Waals surface area (Å²) in [4.78, 5) is 15.1. The third-order valence-corrected chi connectivity index (χ3v) is 2.58. The van der Waals surface area contributed by atoms with E-state index < -0.39 is 5.97 Å². The van der Waals surface area contributed by atoms with Gasteiger partial charge < -0.3 is 9.84 Å². The average molecular weight is 243 g/mol. The van der Waals surface area contributed by atoms with Gasteiger partial charge in [0.05, 0.1) is 19.2 Å². The molecule has 0 radical (unpaired) electrons. The quantitative estimate of drug-likeness (QED) is 0.895. The predicted octanol–water partition coefficient (Wildman–Crippen LogP) is 2.38. The van der Waals surface area contributed by atoms with E-state index in [1.54, 1.807) is 25.4 Å². The molecule has 0 fully saturated rings. The zero-order valence-corrected chi connectivity index (χ0v) is 9.96. The van der Waals surface area contributed by atoms with E-state index in [0.717, 1.165) is 11.3 Å². The Labute approximate surface area is 105 Å². The van der Waals surface area contributed by atoms with E-state index in [1.807, 2.05) is 24.3 Å². The van der Waals surface area contributed by atoms with Crippen LogP contribution in [0.5, 0.6) is 5.75 Å². The molecule has 2 rings (SSSR count). The van der Waals surface area contributed by atoms with Gasteiger partial charge in [-0.3, -0.25) is 9.78 Å². The first-order chi connectivity index (χ1) is 8.70. The number of aliphatic carboxylic acids is 1. The lowest BCUT2D eigenvalue weighted by Crippen LogP contribution is -2.02. The minimum absolute atomic E-state index is 0.0413. The summed E-state index contributed by atoms with van der Waals surface area (Å²) >= 11 is 0. The van der Waals surface area contributed by atoms with Gasteiger partial charge in [0.1, 0.15) is 5.75 Å². The summed E-state index contributed by atoms with van der Waals surface area (Å²) in [7, 11) is 1.59. The molecule has 0 saturated heterocycles. The van der Waals surface area contributed by atoms with E-state index in [-0.39, 0.29) is 6.42 Å². The zero-order valence-electron chi connectivity index (χ0n) is 9.96. The Morgan fingerprint density at radius 2 is 2.17 bits per heavy atom. The van der Waals surface area contributed by atoms with E-state index in [2.05, 4.69) is 4.98 Å². The number of hydrogen-bond acceptors (Lipinski definition) is 3. The second kappa shape index (κ2) is 5.31. The molecule has 1 aromatic carbocycles. The molecule has 1 heterocycles. The highest BCUT2D eigenvalue weighted by Gasteiger charge is 2.10. The predicted molar refractivity (Wildman–Crippen MR) is 67.6 cm³/mol. The molecule has 0 aliphatic heterocycles. The lowest BCUT2D eigenvalue weighted by atomic mass is 10.0. The first-order valence-corrected chi connectivity index (χ1v) is 5.51. The van der Waals surface area contributed by atoms with Crippen LogP contribution in [0.2, 0.25) is 0 Å². The highest BCUT2D eigenvalue weighted by Crippen LogP contribution is 2.25. The summed E-state index contributed by atoms with van der Waals surface area (Å²) in [5, 5.41) is 8.89. The standard InChI is InChI=1S/C14H13NO3/c1-18-12-6-2-4-10(8-12)14-11(9-13(16)17)5-3-7-15-14/h2-8H,9H2,1H3,(H,16,17). The Kier molecular flexibility index (Phi) is 3.57. The highest BCUT2D eigenvalue weighted by atomic mass is 16.5. The van der Waals surface area contributed by atoms with Crippen molar-refractivity contribution in [2.45, 2.75) is 6.42 Å². The van der Waals surface area contributed by atoms with Crippen molar-refractivity contribution in [1.29, 1.82) is 0 Å². The number of pyridine rings is 1. The van der Waals surface area contributed by atoms with Crippen molar-refractivity contribution in [1.82, 2.24) is 4.98 Å². The Balaban J connectivity index is 2.45. The van der Waals surface area contributed by atoms with E-state index in [4.69, 9.17) is 9.84 Å². The second-order valence-electron chi connectivity index (χ2n) is 3.81. The summed E-state index contributed by atoms with van der Waals surface area (Å²) in [6, 6.07) is 10.9. The maximum Gasteiger partial charge on any atom is 0.307 e. The SMILES string of the molecule is COc1cccc(-c2ncccc2CC(=O)O)c1. The molecule has 0 atom stereocenters. The monoisotopic (exact) mass is 243 g/mol. The maximum absolute atomic E-state index is 10.8. The van der Waals surface area contributed by atoms with E-state index >= 15 is 0 Å². The van der Waals surface area contributed by atoms with Crippen LogP contribution in [0.3, 0.4) is 0 Å². The Morgan fingerprint density at radius 3 is 2.89 bits per heavy atom. The van der Waals surface area contributed by atoms with Gasteiger partial charge in [-0.15, -0.1) is 0 Å². The number of benzene rings is 1. The number of aromatic nitrogens is 1. The number of carbonyl (C=O) groups is 1. The van der Waals surface area contributed by atoms with Gasteiger partial charge in [-0.1, -0.05) is 18.2 Å². The van der Waals surface area contributed by atoms with Crippen LogP contribution >= 0.6 is 0 Å². The molecule has 92 valence electrons. The van der Waals surface area contributed by atoms with Crippen LogP contribution in [-0.2, 0) is 11.2 Å². The van der Waals surface area contributed by atoms with Crippen LogP contribution in [-0.4, -0.2) is 23.2 Å². The number of methoxy groups -OCH3 is 1. The van der Waals surface area contributed by atoms with Crippen LogP contribution in [0, 0.1) is 0 Å². The van der Waals surface area contributed by atoms with Crippen molar-refractivity contribution in [3.63, 3.8) is 0 Å². The van der Waals surface area contributed by atoms with Gasteiger partial charge in [-0.05, 0) is 23.8 Å². The summed E-state index contributed by atoms with van der Waals surface area (Å²) in [6.45, 7) is 0. The van der Waals surface area contributed by atoms with Crippen molar-refractivity contribution >= 4 is 5.97 Å². The van der Waals surface area contributed by atoms with Gasteiger partial charge in [0, 0.05) is 11.8 Å². The summed E-state index contributed by atoms with van der Waals surface area (Å²) in [5.41, 5.74) is 2.23. The van der Waals surface area contributed by atoms with Crippen molar-refractivity contribution in [2.75, 3.05) is 7.11 Å². The minimum Gasteiger partial charge on any atom is -0.497 e. The third kappa shape index (κ3) is 2.66. The van der Waals surface area contributed by atoms with E-state index in [9.17, 15) is 4.79 Å². The Bertz CT molecular complexity index is 566. The fourth-order valence-electron chi connectivity index (χ4n) is 1.77. The largest absolute Gasteiger partial charge is 0.497 e. The first kappa shape index (κ1) is 12.1. The van der Waals surface area contributed by atoms with E-state index in [1.165, 1.54) is 0 Å². The van der Waals surface area contributed by atoms with Crippen molar-refractivity contribution < 1.29 is 14.6 Å². The van der Waals surface area contributed by atoms with Crippen LogP contribution in [0.15, 0.2) is 42.6 Å². The molecule has 2 aromatic rings. The van der Waals surface area contributed by atoms with Crippen molar-refractivity contribution in [3.05, 3.63) is 48.2 Å². The number of nitrogens with zero attached hydrogens (tertiary/aromatic N) is 1. The highest BCUT2D eigenvalue weighted by molar-refractivity contribution is 5.75. The first-order valence-electron chi connectivity index (χ1n) is 5.51. The molecule has 0 aliphatic carbocycles. The number of carboxylic acid groups (broad SMARTS) is 1. The van der Waals surface area contributed by atoms with Crippen molar-refractivity contribution in [3.8, 4) is 17.0 Å². The molecule has 0 amide bonds. The Hall–Kier alpha value is -2.36. The zero-order chi connectivity index (χ0) is 13.0. The molecule has 4 nitrogen and oxygen atoms in total. The molecule has 1 aromatic heterocycles. The van der Waals surface area contributed by atoms with E-state index in [0.29, 0.717) is 11.3 Å². The third-order valence-electron chi connectivity index (χ3n) is 2.58. The Morgan fingerprint density at radius 1 is 1.33 bits per heavy atom. The normalized spacial score (nSPS) is 10.1. The minimum atomic E-state index is -0.868. The molecular weight excluding hydrogens is 230 g/mol.